The highest BCUT2D eigenvalue weighted by molar-refractivity contribution is 5.99. The molecular weight excluding hydrogens is 202 g/mol. The fraction of sp³-hybridized carbons (Fsp3) is 0.583. The number of aromatic nitrogens is 2. The van der Waals surface area contributed by atoms with Crippen molar-refractivity contribution in [1.82, 2.24) is 15.3 Å². The van der Waals surface area contributed by atoms with Gasteiger partial charge < -0.3 is 5.32 Å². The lowest BCUT2D eigenvalue weighted by atomic mass is 9.90. The topological polar surface area (TPSA) is 54.9 Å². The predicted molar refractivity (Wildman–Crippen MR) is 59.0 cm³/mol. The molecule has 0 aromatic carbocycles. The first-order valence-corrected chi connectivity index (χ1v) is 5.82. The van der Waals surface area contributed by atoms with Gasteiger partial charge in [0.25, 0.3) is 0 Å². The van der Waals surface area contributed by atoms with Crippen LogP contribution < -0.4 is 5.32 Å². The van der Waals surface area contributed by atoms with Gasteiger partial charge in [-0.3, -0.25) is 4.79 Å². The first kappa shape index (κ1) is 9.90. The van der Waals surface area contributed by atoms with Crippen molar-refractivity contribution in [3.8, 4) is 0 Å². The van der Waals surface area contributed by atoms with Gasteiger partial charge in [-0.15, -0.1) is 0 Å². The van der Waals surface area contributed by atoms with Crippen molar-refractivity contribution in [2.45, 2.75) is 19.3 Å². The van der Waals surface area contributed by atoms with Gasteiger partial charge in [0.05, 0.1) is 5.56 Å². The van der Waals surface area contributed by atoms with Crippen LogP contribution in [0.15, 0.2) is 18.7 Å². The minimum absolute atomic E-state index is 0.223. The van der Waals surface area contributed by atoms with Crippen LogP contribution in [0.1, 0.15) is 29.6 Å². The Balaban J connectivity index is 1.74. The Labute approximate surface area is 94.5 Å². The molecule has 1 saturated heterocycles. The number of ketones is 1. The van der Waals surface area contributed by atoms with Crippen LogP contribution in [0.25, 0.3) is 0 Å². The van der Waals surface area contributed by atoms with Crippen LogP contribution in [0.4, 0.5) is 0 Å². The number of rotatable bonds is 2. The smallest absolute Gasteiger partial charge is 0.169 e. The zero-order valence-electron chi connectivity index (χ0n) is 9.15. The summed E-state index contributed by atoms with van der Waals surface area (Å²) in [5.41, 5.74) is 0.973. The highest BCUT2D eigenvalue weighted by atomic mass is 16.1. The van der Waals surface area contributed by atoms with Gasteiger partial charge >= 0.3 is 0 Å². The maximum absolute atomic E-state index is 12.2. The van der Waals surface area contributed by atoms with E-state index in [0.29, 0.717) is 11.0 Å². The summed E-state index contributed by atoms with van der Waals surface area (Å²) in [6.07, 6.45) is 8.05. The molecule has 1 unspecified atom stereocenters. The van der Waals surface area contributed by atoms with Crippen molar-refractivity contribution in [2.24, 2.45) is 11.3 Å². The maximum Gasteiger partial charge on any atom is 0.169 e. The number of carbonyl (C=O) groups is 1. The van der Waals surface area contributed by atoms with E-state index in [2.05, 4.69) is 15.3 Å². The quantitative estimate of drug-likeness (QED) is 0.752. The standard InChI is InChI=1S/C12H15N3O/c16-11(9-6-14-8-15-7-9)10-5-12(10)1-3-13-4-2-12/h6-8,10,13H,1-5H2. The molecule has 1 N–H and O–H groups in total. The molecule has 1 spiro atoms. The average Bonchev–Trinajstić information content (AvgIpc) is 3.04. The van der Waals surface area contributed by atoms with E-state index in [-0.39, 0.29) is 11.7 Å². The van der Waals surface area contributed by atoms with Crippen LogP contribution in [-0.2, 0) is 0 Å². The average molecular weight is 217 g/mol. The van der Waals surface area contributed by atoms with E-state index in [1.807, 2.05) is 0 Å². The van der Waals surface area contributed by atoms with Crippen LogP contribution in [0.5, 0.6) is 0 Å². The number of hydrogen-bond donors (Lipinski definition) is 1. The summed E-state index contributed by atoms with van der Waals surface area (Å²) in [6.45, 7) is 2.10. The molecule has 16 heavy (non-hydrogen) atoms. The molecule has 1 saturated carbocycles. The Hall–Kier alpha value is -1.29. The Kier molecular flexibility index (Phi) is 2.24. The summed E-state index contributed by atoms with van der Waals surface area (Å²) in [6, 6.07) is 0. The van der Waals surface area contributed by atoms with Crippen molar-refractivity contribution < 1.29 is 4.79 Å². The third kappa shape index (κ3) is 1.53. The number of hydrogen-bond acceptors (Lipinski definition) is 4. The molecule has 1 aromatic rings. The van der Waals surface area contributed by atoms with E-state index >= 15 is 0 Å². The molecule has 0 amide bonds. The molecule has 1 aliphatic carbocycles. The maximum atomic E-state index is 12.2. The highest BCUT2D eigenvalue weighted by Gasteiger charge is 2.57. The van der Waals surface area contributed by atoms with Gasteiger partial charge in [-0.05, 0) is 37.8 Å². The van der Waals surface area contributed by atoms with Crippen molar-refractivity contribution >= 4 is 5.78 Å². The fourth-order valence-electron chi connectivity index (χ4n) is 2.82. The molecule has 3 rings (SSSR count). The summed E-state index contributed by atoms with van der Waals surface area (Å²) in [4.78, 5) is 20.0. The highest BCUT2D eigenvalue weighted by Crippen LogP contribution is 2.59. The van der Waals surface area contributed by atoms with Crippen LogP contribution >= 0.6 is 0 Å². The van der Waals surface area contributed by atoms with Crippen molar-refractivity contribution in [1.29, 1.82) is 0 Å². The minimum Gasteiger partial charge on any atom is -0.317 e. The first-order chi connectivity index (χ1) is 7.82. The largest absolute Gasteiger partial charge is 0.317 e. The number of Topliss-reactive ketones (excluding diaryl/α,β-unsaturated/α-hetero) is 1. The first-order valence-electron chi connectivity index (χ1n) is 5.82. The van der Waals surface area contributed by atoms with E-state index in [9.17, 15) is 4.79 Å². The molecular formula is C12H15N3O. The second kappa shape index (κ2) is 3.63. The number of carbonyl (C=O) groups excluding carboxylic acids is 1. The van der Waals surface area contributed by atoms with Crippen molar-refractivity contribution in [3.63, 3.8) is 0 Å². The Bertz CT molecular complexity index is 398. The van der Waals surface area contributed by atoms with E-state index < -0.39 is 0 Å². The molecule has 2 heterocycles. The molecule has 2 fully saturated rings. The zero-order chi connectivity index (χ0) is 11.0. The van der Waals surface area contributed by atoms with E-state index in [0.717, 1.165) is 32.4 Å². The van der Waals surface area contributed by atoms with Crippen LogP contribution in [0.2, 0.25) is 0 Å². The van der Waals surface area contributed by atoms with Gasteiger partial charge in [0, 0.05) is 18.3 Å². The monoisotopic (exact) mass is 217 g/mol. The van der Waals surface area contributed by atoms with Gasteiger partial charge in [-0.25, -0.2) is 9.97 Å². The lowest BCUT2D eigenvalue weighted by Crippen LogP contribution is -2.30. The molecule has 2 aliphatic rings. The lowest BCUT2D eigenvalue weighted by molar-refractivity contribution is 0.0940. The molecule has 4 nitrogen and oxygen atoms in total. The normalized spacial score (nSPS) is 26.6. The summed E-state index contributed by atoms with van der Waals surface area (Å²) >= 11 is 0. The summed E-state index contributed by atoms with van der Waals surface area (Å²) in [7, 11) is 0. The van der Waals surface area contributed by atoms with Gasteiger partial charge in [-0.1, -0.05) is 0 Å². The van der Waals surface area contributed by atoms with Crippen LogP contribution in [0, 0.1) is 11.3 Å². The van der Waals surface area contributed by atoms with Gasteiger partial charge in [0.1, 0.15) is 6.33 Å². The zero-order valence-corrected chi connectivity index (χ0v) is 9.15. The predicted octanol–water partition coefficient (Wildman–Crippen LogP) is 1.05. The van der Waals surface area contributed by atoms with Gasteiger partial charge in [0.15, 0.2) is 5.78 Å². The number of nitrogens with zero attached hydrogens (tertiary/aromatic N) is 2. The minimum atomic E-state index is 0.223. The van der Waals surface area contributed by atoms with Crippen molar-refractivity contribution in [3.05, 3.63) is 24.3 Å². The summed E-state index contributed by atoms with van der Waals surface area (Å²) in [5, 5.41) is 3.34. The summed E-state index contributed by atoms with van der Waals surface area (Å²) in [5.74, 6) is 0.461. The van der Waals surface area contributed by atoms with E-state index in [1.54, 1.807) is 12.4 Å². The molecule has 1 atom stereocenters. The SMILES string of the molecule is O=C(c1cncnc1)C1CC12CCNCC2. The molecule has 0 radical (unpaired) electrons. The number of nitrogens with one attached hydrogen (secondary N) is 1. The van der Waals surface area contributed by atoms with Crippen LogP contribution in [0.3, 0.4) is 0 Å². The van der Waals surface area contributed by atoms with E-state index in [1.165, 1.54) is 6.33 Å². The Morgan fingerprint density at radius 1 is 1.31 bits per heavy atom. The van der Waals surface area contributed by atoms with Crippen LogP contribution in [-0.4, -0.2) is 28.8 Å². The molecule has 1 aliphatic heterocycles. The second-order valence-corrected chi connectivity index (χ2v) is 4.86. The Morgan fingerprint density at radius 2 is 2.00 bits per heavy atom. The molecule has 84 valence electrons. The lowest BCUT2D eigenvalue weighted by Gasteiger charge is -2.23. The molecule has 0 bridgehead atoms. The number of piperidine rings is 1. The second-order valence-electron chi connectivity index (χ2n) is 4.86. The fourth-order valence-corrected chi connectivity index (χ4v) is 2.82. The van der Waals surface area contributed by atoms with Crippen molar-refractivity contribution in [2.75, 3.05) is 13.1 Å². The molecule has 4 heteroatoms. The summed E-state index contributed by atoms with van der Waals surface area (Å²) < 4.78 is 0. The third-order valence-electron chi connectivity index (χ3n) is 3.95. The molecule has 1 aromatic heterocycles. The third-order valence-corrected chi connectivity index (χ3v) is 3.95. The van der Waals surface area contributed by atoms with Gasteiger partial charge in [-0.2, -0.15) is 0 Å². The Morgan fingerprint density at radius 3 is 2.69 bits per heavy atom. The van der Waals surface area contributed by atoms with Gasteiger partial charge in [0.2, 0.25) is 0 Å². The van der Waals surface area contributed by atoms with E-state index in [4.69, 9.17) is 0 Å².